The highest BCUT2D eigenvalue weighted by Gasteiger charge is 2.10. The number of amides is 1. The van der Waals surface area contributed by atoms with Crippen molar-refractivity contribution in [3.8, 4) is 0 Å². The largest absolute Gasteiger partial charge is 0.369 e. The summed E-state index contributed by atoms with van der Waals surface area (Å²) in [5.41, 5.74) is 0.937. The zero-order valence-electron chi connectivity index (χ0n) is 15.4. The third kappa shape index (κ3) is 4.99. The number of fused-ring (bicyclic) bond motifs is 1. The summed E-state index contributed by atoms with van der Waals surface area (Å²) >= 11 is 0. The molecule has 2 aromatic heterocycles. The van der Waals surface area contributed by atoms with Gasteiger partial charge in [-0.15, -0.1) is 15.3 Å². The molecule has 0 bridgehead atoms. The molecular weight excluding hydrogens is 347 g/mol. The molecular formula is C19H23FN6O. The summed E-state index contributed by atoms with van der Waals surface area (Å²) < 4.78 is 14.9. The Morgan fingerprint density at radius 3 is 2.81 bits per heavy atom. The molecule has 1 amide bonds. The van der Waals surface area contributed by atoms with E-state index in [1.165, 1.54) is 18.2 Å². The third-order valence-electron chi connectivity index (χ3n) is 4.08. The van der Waals surface area contributed by atoms with Crippen LogP contribution >= 0.6 is 0 Å². The van der Waals surface area contributed by atoms with Crippen molar-refractivity contribution < 1.29 is 9.18 Å². The van der Waals surface area contributed by atoms with E-state index in [0.717, 1.165) is 18.8 Å². The number of halogens is 1. The molecule has 0 saturated carbocycles. The molecule has 0 fully saturated rings. The van der Waals surface area contributed by atoms with Crippen LogP contribution in [0.3, 0.4) is 0 Å². The Bertz CT molecular complexity index is 923. The maximum atomic E-state index is 13.2. The fraction of sp³-hybridized carbons (Fsp3) is 0.368. The van der Waals surface area contributed by atoms with E-state index in [4.69, 9.17) is 0 Å². The lowest BCUT2D eigenvalue weighted by Crippen LogP contribution is -2.26. The summed E-state index contributed by atoms with van der Waals surface area (Å²) in [4.78, 5) is 12.1. The lowest BCUT2D eigenvalue weighted by molar-refractivity contribution is 0.0953. The predicted octanol–water partition coefficient (Wildman–Crippen LogP) is 2.69. The van der Waals surface area contributed by atoms with Crippen molar-refractivity contribution >= 4 is 17.4 Å². The summed E-state index contributed by atoms with van der Waals surface area (Å²) in [5.74, 6) is 1.26. The molecule has 0 spiro atoms. The quantitative estimate of drug-likeness (QED) is 0.637. The fourth-order valence-electron chi connectivity index (χ4n) is 2.59. The zero-order valence-corrected chi connectivity index (χ0v) is 15.4. The first kappa shape index (κ1) is 18.8. The van der Waals surface area contributed by atoms with Crippen LogP contribution in [-0.2, 0) is 6.42 Å². The number of benzene rings is 1. The molecule has 3 aromatic rings. The molecule has 8 heteroatoms. The highest BCUT2D eigenvalue weighted by Crippen LogP contribution is 2.09. The van der Waals surface area contributed by atoms with E-state index in [1.54, 1.807) is 10.6 Å². The van der Waals surface area contributed by atoms with Gasteiger partial charge >= 0.3 is 0 Å². The Balaban J connectivity index is 1.60. The van der Waals surface area contributed by atoms with Crippen LogP contribution < -0.4 is 10.6 Å². The first-order valence-electron chi connectivity index (χ1n) is 9.02. The maximum Gasteiger partial charge on any atom is 0.251 e. The van der Waals surface area contributed by atoms with Crippen molar-refractivity contribution in [2.75, 3.05) is 18.4 Å². The minimum atomic E-state index is -0.437. The average Bonchev–Trinajstić information content (AvgIpc) is 3.04. The van der Waals surface area contributed by atoms with Crippen molar-refractivity contribution in [3.05, 3.63) is 53.6 Å². The zero-order chi connectivity index (χ0) is 19.2. The number of hydrogen-bond acceptors (Lipinski definition) is 5. The number of anilines is 1. The average molecular weight is 370 g/mol. The first-order chi connectivity index (χ1) is 13.0. The number of rotatable bonds is 8. The van der Waals surface area contributed by atoms with E-state index in [1.807, 2.05) is 12.1 Å². The van der Waals surface area contributed by atoms with Crippen LogP contribution in [0, 0.1) is 11.7 Å². The minimum Gasteiger partial charge on any atom is -0.369 e. The van der Waals surface area contributed by atoms with E-state index < -0.39 is 5.82 Å². The predicted molar refractivity (Wildman–Crippen MR) is 101 cm³/mol. The van der Waals surface area contributed by atoms with Crippen LogP contribution in [0.15, 0.2) is 36.4 Å². The van der Waals surface area contributed by atoms with Crippen LogP contribution in [-0.4, -0.2) is 38.8 Å². The molecule has 0 radical (unpaired) electrons. The molecule has 0 aliphatic carbocycles. The van der Waals surface area contributed by atoms with E-state index in [-0.39, 0.29) is 11.5 Å². The SMILES string of the molecule is CC(C)CCNc1ccc2nnc(CCNC(=O)c3cccc(F)c3)n2n1. The monoisotopic (exact) mass is 370 g/mol. The van der Waals surface area contributed by atoms with Crippen LogP contribution in [0.1, 0.15) is 36.5 Å². The lowest BCUT2D eigenvalue weighted by Gasteiger charge is -2.08. The molecule has 2 heterocycles. The van der Waals surface area contributed by atoms with Gasteiger partial charge in [0.15, 0.2) is 11.5 Å². The Morgan fingerprint density at radius 1 is 1.19 bits per heavy atom. The van der Waals surface area contributed by atoms with Gasteiger partial charge in [0.2, 0.25) is 0 Å². The molecule has 142 valence electrons. The van der Waals surface area contributed by atoms with E-state index in [9.17, 15) is 9.18 Å². The Morgan fingerprint density at radius 2 is 2.04 bits per heavy atom. The van der Waals surface area contributed by atoms with Gasteiger partial charge in [-0.1, -0.05) is 19.9 Å². The van der Waals surface area contributed by atoms with E-state index in [2.05, 4.69) is 39.8 Å². The molecule has 2 N–H and O–H groups in total. The minimum absolute atomic E-state index is 0.288. The third-order valence-corrected chi connectivity index (χ3v) is 4.08. The van der Waals surface area contributed by atoms with Crippen molar-refractivity contribution in [3.63, 3.8) is 0 Å². The van der Waals surface area contributed by atoms with Gasteiger partial charge in [-0.05, 0) is 42.7 Å². The second-order valence-corrected chi connectivity index (χ2v) is 6.73. The van der Waals surface area contributed by atoms with Gasteiger partial charge in [0, 0.05) is 25.1 Å². The van der Waals surface area contributed by atoms with Gasteiger partial charge < -0.3 is 10.6 Å². The van der Waals surface area contributed by atoms with Gasteiger partial charge in [0.1, 0.15) is 11.6 Å². The second kappa shape index (κ2) is 8.57. The van der Waals surface area contributed by atoms with E-state index in [0.29, 0.717) is 30.4 Å². The molecule has 3 rings (SSSR count). The number of hydrogen-bond donors (Lipinski definition) is 2. The fourth-order valence-corrected chi connectivity index (χ4v) is 2.59. The molecule has 7 nitrogen and oxygen atoms in total. The topological polar surface area (TPSA) is 84.2 Å². The van der Waals surface area contributed by atoms with E-state index >= 15 is 0 Å². The Kier molecular flexibility index (Phi) is 5.95. The summed E-state index contributed by atoms with van der Waals surface area (Å²) in [7, 11) is 0. The first-order valence-corrected chi connectivity index (χ1v) is 9.02. The van der Waals surface area contributed by atoms with Gasteiger partial charge in [-0.3, -0.25) is 4.79 Å². The normalized spacial score (nSPS) is 11.1. The number of carbonyl (C=O) groups excluding carboxylic acids is 1. The summed E-state index contributed by atoms with van der Waals surface area (Å²) in [6, 6.07) is 9.32. The molecule has 0 saturated heterocycles. The van der Waals surface area contributed by atoms with Crippen molar-refractivity contribution in [1.29, 1.82) is 0 Å². The summed E-state index contributed by atoms with van der Waals surface area (Å²) in [5, 5.41) is 18.8. The number of aromatic nitrogens is 4. The van der Waals surface area contributed by atoms with Crippen LogP contribution in [0.25, 0.3) is 5.65 Å². The summed E-state index contributed by atoms with van der Waals surface area (Å²) in [6.45, 7) is 5.54. The molecule has 0 atom stereocenters. The highest BCUT2D eigenvalue weighted by atomic mass is 19.1. The molecule has 0 unspecified atom stereocenters. The molecule has 0 aliphatic rings. The number of nitrogens with one attached hydrogen (secondary N) is 2. The van der Waals surface area contributed by atoms with Gasteiger partial charge in [0.25, 0.3) is 5.91 Å². The van der Waals surface area contributed by atoms with Gasteiger partial charge in [0.05, 0.1) is 0 Å². The van der Waals surface area contributed by atoms with Crippen molar-refractivity contribution in [1.82, 2.24) is 25.1 Å². The lowest BCUT2D eigenvalue weighted by atomic mass is 10.1. The Hall–Kier alpha value is -3.03. The molecule has 27 heavy (non-hydrogen) atoms. The molecule has 0 aliphatic heterocycles. The van der Waals surface area contributed by atoms with Crippen molar-refractivity contribution in [2.45, 2.75) is 26.7 Å². The highest BCUT2D eigenvalue weighted by molar-refractivity contribution is 5.94. The summed E-state index contributed by atoms with van der Waals surface area (Å²) in [6.07, 6.45) is 1.52. The molecule has 1 aromatic carbocycles. The number of carbonyl (C=O) groups is 1. The van der Waals surface area contributed by atoms with Gasteiger partial charge in [-0.2, -0.15) is 4.52 Å². The smallest absolute Gasteiger partial charge is 0.251 e. The van der Waals surface area contributed by atoms with Crippen LogP contribution in [0.4, 0.5) is 10.2 Å². The maximum absolute atomic E-state index is 13.2. The second-order valence-electron chi connectivity index (χ2n) is 6.73. The van der Waals surface area contributed by atoms with Gasteiger partial charge in [-0.25, -0.2) is 4.39 Å². The van der Waals surface area contributed by atoms with Crippen LogP contribution in [0.2, 0.25) is 0 Å². The van der Waals surface area contributed by atoms with Crippen LogP contribution in [0.5, 0.6) is 0 Å². The van der Waals surface area contributed by atoms with Crippen molar-refractivity contribution in [2.24, 2.45) is 5.92 Å². The Labute approximate surface area is 157 Å². The number of nitrogens with zero attached hydrogens (tertiary/aromatic N) is 4. The standard InChI is InChI=1S/C19H23FN6O/c1-13(2)8-10-21-16-6-7-17-23-24-18(26(17)25-16)9-11-22-19(27)14-4-3-5-15(20)12-14/h3-7,12-13H,8-11H2,1-2H3,(H,21,25)(H,22,27).